The number of nitrogens with zero attached hydrogens (tertiary/aromatic N) is 2. The van der Waals surface area contributed by atoms with Gasteiger partial charge in [-0.3, -0.25) is 0 Å². The van der Waals surface area contributed by atoms with Crippen molar-refractivity contribution < 1.29 is 0 Å². The average molecular weight is 231 g/mol. The molecule has 2 aromatic rings. The molecule has 0 radical (unpaired) electrons. The summed E-state index contributed by atoms with van der Waals surface area (Å²) in [5.41, 5.74) is 2.02. The second-order valence-electron chi connectivity index (χ2n) is 4.02. The molecule has 2 rings (SSSR count). The van der Waals surface area contributed by atoms with Gasteiger partial charge >= 0.3 is 0 Å². The van der Waals surface area contributed by atoms with Crippen LogP contribution in [0, 0.1) is 17.2 Å². The predicted octanol–water partition coefficient (Wildman–Crippen LogP) is 3.40. The van der Waals surface area contributed by atoms with Gasteiger partial charge in [-0.2, -0.15) is 5.26 Å². The predicted molar refractivity (Wildman–Crippen MR) is 65.1 cm³/mol. The Kier molecular flexibility index (Phi) is 3.07. The fraction of sp³-hybridized carbons (Fsp3) is 0.333. The van der Waals surface area contributed by atoms with Crippen molar-refractivity contribution in [1.29, 1.82) is 5.26 Å². The molecule has 0 fully saturated rings. The highest BCUT2D eigenvalue weighted by Crippen LogP contribution is 2.29. The summed E-state index contributed by atoms with van der Waals surface area (Å²) in [6.07, 6.45) is 3.79. The lowest BCUT2D eigenvalue weighted by Gasteiger charge is -2.08. The Hall–Kier alpha value is -1.60. The lowest BCUT2D eigenvalue weighted by molar-refractivity contribution is 0.585. The van der Waals surface area contributed by atoms with Gasteiger partial charge in [-0.05, 0) is 12.0 Å². The topological polar surface area (TPSA) is 52.5 Å². The van der Waals surface area contributed by atoms with Crippen molar-refractivity contribution in [2.45, 2.75) is 19.8 Å². The molecule has 0 aliphatic rings. The summed E-state index contributed by atoms with van der Waals surface area (Å²) in [4.78, 5) is 7.52. The van der Waals surface area contributed by atoms with Crippen LogP contribution in [0.3, 0.4) is 0 Å². The zero-order chi connectivity index (χ0) is 11.5. The number of thiazole rings is 1. The van der Waals surface area contributed by atoms with E-state index in [0.717, 1.165) is 16.3 Å². The summed E-state index contributed by atoms with van der Waals surface area (Å²) in [5, 5.41) is 12.0. The molecular formula is C12H13N3S. The Morgan fingerprint density at radius 3 is 2.88 bits per heavy atom. The van der Waals surface area contributed by atoms with Crippen LogP contribution in [0.25, 0.3) is 11.3 Å². The van der Waals surface area contributed by atoms with Crippen LogP contribution < -0.4 is 0 Å². The number of aromatic amines is 1. The number of aromatic nitrogens is 2. The Morgan fingerprint density at radius 2 is 2.31 bits per heavy atom. The van der Waals surface area contributed by atoms with E-state index in [-0.39, 0.29) is 5.92 Å². The van der Waals surface area contributed by atoms with Crippen molar-refractivity contribution >= 4 is 11.3 Å². The van der Waals surface area contributed by atoms with Crippen LogP contribution in [0.1, 0.15) is 24.8 Å². The van der Waals surface area contributed by atoms with Crippen molar-refractivity contribution in [3.63, 3.8) is 0 Å². The van der Waals surface area contributed by atoms with E-state index >= 15 is 0 Å². The lowest BCUT2D eigenvalue weighted by Crippen LogP contribution is -2.03. The quantitative estimate of drug-likeness (QED) is 0.880. The normalized spacial score (nSPS) is 12.6. The van der Waals surface area contributed by atoms with E-state index in [2.05, 4.69) is 16.0 Å². The van der Waals surface area contributed by atoms with Gasteiger partial charge in [0.15, 0.2) is 0 Å². The van der Waals surface area contributed by atoms with E-state index in [1.165, 1.54) is 0 Å². The molecule has 0 aliphatic heterocycles. The average Bonchev–Trinajstić information content (AvgIpc) is 2.86. The SMILES string of the molecule is CC(C)C(C#N)c1nc(-c2cc[nH]c2)cs1. The molecule has 2 aromatic heterocycles. The van der Waals surface area contributed by atoms with Crippen LogP contribution in [-0.2, 0) is 0 Å². The fourth-order valence-corrected chi connectivity index (χ4v) is 2.58. The molecule has 0 aromatic carbocycles. The van der Waals surface area contributed by atoms with Crippen LogP contribution in [0.15, 0.2) is 23.8 Å². The van der Waals surface area contributed by atoms with Crippen molar-refractivity contribution in [2.24, 2.45) is 5.92 Å². The van der Waals surface area contributed by atoms with Gasteiger partial charge in [0.1, 0.15) is 10.9 Å². The molecule has 1 atom stereocenters. The first-order chi connectivity index (χ1) is 7.72. The highest BCUT2D eigenvalue weighted by atomic mass is 32.1. The second kappa shape index (κ2) is 4.50. The maximum absolute atomic E-state index is 9.10. The van der Waals surface area contributed by atoms with Gasteiger partial charge in [-0.15, -0.1) is 11.3 Å². The Bertz CT molecular complexity index is 491. The number of hydrogen-bond donors (Lipinski definition) is 1. The third kappa shape index (κ3) is 2.00. The molecule has 1 unspecified atom stereocenters. The third-order valence-electron chi connectivity index (χ3n) is 2.49. The number of rotatable bonds is 3. The Morgan fingerprint density at radius 1 is 1.50 bits per heavy atom. The molecule has 0 bridgehead atoms. The van der Waals surface area contributed by atoms with E-state index in [4.69, 9.17) is 5.26 Å². The van der Waals surface area contributed by atoms with Gasteiger partial charge in [0.05, 0.1) is 11.8 Å². The third-order valence-corrected chi connectivity index (χ3v) is 3.42. The monoisotopic (exact) mass is 231 g/mol. The summed E-state index contributed by atoms with van der Waals surface area (Å²) in [6.45, 7) is 4.09. The maximum Gasteiger partial charge on any atom is 0.111 e. The zero-order valence-electron chi connectivity index (χ0n) is 9.27. The van der Waals surface area contributed by atoms with Crippen molar-refractivity contribution in [2.75, 3.05) is 0 Å². The van der Waals surface area contributed by atoms with Gasteiger partial charge in [-0.1, -0.05) is 13.8 Å². The van der Waals surface area contributed by atoms with Crippen LogP contribution in [0.4, 0.5) is 0 Å². The van der Waals surface area contributed by atoms with E-state index in [1.807, 2.05) is 37.7 Å². The minimum atomic E-state index is -0.0994. The summed E-state index contributed by atoms with van der Waals surface area (Å²) in [6, 6.07) is 4.30. The van der Waals surface area contributed by atoms with Crippen LogP contribution >= 0.6 is 11.3 Å². The van der Waals surface area contributed by atoms with Gasteiger partial charge in [0.2, 0.25) is 0 Å². The number of nitriles is 1. The highest BCUT2D eigenvalue weighted by Gasteiger charge is 2.19. The molecule has 0 amide bonds. The van der Waals surface area contributed by atoms with Crippen LogP contribution in [0.5, 0.6) is 0 Å². The zero-order valence-corrected chi connectivity index (χ0v) is 10.1. The molecule has 0 saturated heterocycles. The van der Waals surface area contributed by atoms with Crippen molar-refractivity contribution in [3.05, 3.63) is 28.8 Å². The number of H-pyrrole nitrogens is 1. The second-order valence-corrected chi connectivity index (χ2v) is 4.91. The molecule has 3 nitrogen and oxygen atoms in total. The summed E-state index contributed by atoms with van der Waals surface area (Å²) >= 11 is 1.56. The number of hydrogen-bond acceptors (Lipinski definition) is 3. The largest absolute Gasteiger partial charge is 0.367 e. The molecule has 1 N–H and O–H groups in total. The van der Waals surface area contributed by atoms with Gasteiger partial charge in [0, 0.05) is 23.3 Å². The first-order valence-corrected chi connectivity index (χ1v) is 6.08. The molecule has 82 valence electrons. The summed E-state index contributed by atoms with van der Waals surface area (Å²) in [7, 11) is 0. The molecule has 16 heavy (non-hydrogen) atoms. The first kappa shape index (κ1) is 10.9. The standard InChI is InChI=1S/C12H13N3S/c1-8(2)10(5-13)12-15-11(7-16-12)9-3-4-14-6-9/h3-4,6-8,10,14H,1-2H3. The van der Waals surface area contributed by atoms with Crippen molar-refractivity contribution in [3.8, 4) is 17.3 Å². The van der Waals surface area contributed by atoms with Gasteiger partial charge < -0.3 is 4.98 Å². The highest BCUT2D eigenvalue weighted by molar-refractivity contribution is 7.10. The minimum absolute atomic E-state index is 0.0994. The van der Waals surface area contributed by atoms with Crippen LogP contribution in [-0.4, -0.2) is 9.97 Å². The summed E-state index contributed by atoms with van der Waals surface area (Å²) < 4.78 is 0. The van der Waals surface area contributed by atoms with E-state index < -0.39 is 0 Å². The minimum Gasteiger partial charge on any atom is -0.367 e. The van der Waals surface area contributed by atoms with Crippen LogP contribution in [0.2, 0.25) is 0 Å². The first-order valence-electron chi connectivity index (χ1n) is 5.20. The molecule has 4 heteroatoms. The van der Waals surface area contributed by atoms with Crippen molar-refractivity contribution in [1.82, 2.24) is 9.97 Å². The van der Waals surface area contributed by atoms with E-state index in [9.17, 15) is 0 Å². The fourth-order valence-electron chi connectivity index (χ4n) is 1.54. The molecule has 2 heterocycles. The smallest absolute Gasteiger partial charge is 0.111 e. The Labute approximate surface area is 98.8 Å². The molecule has 0 saturated carbocycles. The lowest BCUT2D eigenvalue weighted by atomic mass is 9.98. The van der Waals surface area contributed by atoms with Gasteiger partial charge in [-0.25, -0.2) is 4.98 Å². The Balaban J connectivity index is 2.30. The van der Waals surface area contributed by atoms with Gasteiger partial charge in [0.25, 0.3) is 0 Å². The van der Waals surface area contributed by atoms with E-state index in [1.54, 1.807) is 11.3 Å². The maximum atomic E-state index is 9.10. The molecular weight excluding hydrogens is 218 g/mol. The number of nitrogens with one attached hydrogen (secondary N) is 1. The molecule has 0 aliphatic carbocycles. The molecule has 0 spiro atoms. The summed E-state index contributed by atoms with van der Waals surface area (Å²) in [5.74, 6) is 0.202. The van der Waals surface area contributed by atoms with E-state index in [0.29, 0.717) is 5.92 Å².